The number of aromatic nitrogens is 2. The summed E-state index contributed by atoms with van der Waals surface area (Å²) in [5.74, 6) is 2.27. The zero-order valence-corrected chi connectivity index (χ0v) is 16.2. The predicted molar refractivity (Wildman–Crippen MR) is 102 cm³/mol. The molecule has 4 rings (SSSR count). The maximum atomic E-state index is 12.9. The molecule has 2 aliphatic rings. The summed E-state index contributed by atoms with van der Waals surface area (Å²) in [7, 11) is -3.26. The van der Waals surface area contributed by atoms with Crippen LogP contribution in [0.4, 0.5) is 0 Å². The van der Waals surface area contributed by atoms with E-state index < -0.39 is 10.0 Å². The minimum absolute atomic E-state index is 0.0952. The number of nitrogens with zero attached hydrogens (tertiary/aromatic N) is 3. The average molecular weight is 374 g/mol. The second-order valence-electron chi connectivity index (χ2n) is 7.75. The molecular weight excluding hydrogens is 346 g/mol. The van der Waals surface area contributed by atoms with Crippen molar-refractivity contribution in [2.75, 3.05) is 13.1 Å². The van der Waals surface area contributed by atoms with Gasteiger partial charge in [-0.3, -0.25) is 0 Å². The number of hydrogen-bond donors (Lipinski definition) is 0. The largest absolute Gasteiger partial charge is 0.332 e. The van der Waals surface area contributed by atoms with Gasteiger partial charge in [-0.25, -0.2) is 17.7 Å². The summed E-state index contributed by atoms with van der Waals surface area (Å²) in [4.78, 5) is 4.60. The molecule has 1 atom stereocenters. The van der Waals surface area contributed by atoms with E-state index in [4.69, 9.17) is 0 Å². The molecule has 2 aromatic rings. The third-order valence-corrected chi connectivity index (χ3v) is 7.35. The van der Waals surface area contributed by atoms with Crippen LogP contribution in [-0.4, -0.2) is 35.4 Å². The molecule has 0 N–H and O–H groups in total. The number of aryl methyl sites for hydroxylation is 1. The Kier molecular flexibility index (Phi) is 4.88. The van der Waals surface area contributed by atoms with Crippen molar-refractivity contribution in [1.29, 1.82) is 0 Å². The molecule has 1 saturated heterocycles. The molecule has 140 valence electrons. The smallest absolute Gasteiger partial charge is 0.218 e. The summed E-state index contributed by atoms with van der Waals surface area (Å²) in [6.07, 6.45) is 6.45. The van der Waals surface area contributed by atoms with Crippen LogP contribution in [0.2, 0.25) is 0 Å². The SMILES string of the molecule is Cc1cnc(C2CC2)n1CC1CCCN(S(=O)(=O)Cc2ccccc2)C1. The highest BCUT2D eigenvalue weighted by molar-refractivity contribution is 7.88. The molecular formula is C20H27N3O2S. The molecule has 1 aromatic heterocycles. The molecule has 0 bridgehead atoms. The van der Waals surface area contributed by atoms with E-state index in [2.05, 4.69) is 16.5 Å². The summed E-state index contributed by atoms with van der Waals surface area (Å²) in [6, 6.07) is 9.47. The topological polar surface area (TPSA) is 55.2 Å². The molecule has 1 unspecified atom stereocenters. The maximum Gasteiger partial charge on any atom is 0.218 e. The van der Waals surface area contributed by atoms with Gasteiger partial charge in [-0.15, -0.1) is 0 Å². The number of rotatable bonds is 6. The van der Waals surface area contributed by atoms with E-state index in [0.29, 0.717) is 24.9 Å². The van der Waals surface area contributed by atoms with E-state index in [0.717, 1.165) is 24.9 Å². The fraction of sp³-hybridized carbons (Fsp3) is 0.550. The molecule has 0 spiro atoms. The summed E-state index contributed by atoms with van der Waals surface area (Å²) in [5, 5.41) is 0. The Bertz CT molecular complexity index is 856. The number of sulfonamides is 1. The van der Waals surface area contributed by atoms with E-state index in [1.54, 1.807) is 4.31 Å². The minimum Gasteiger partial charge on any atom is -0.332 e. The Morgan fingerprint density at radius 1 is 1.15 bits per heavy atom. The minimum atomic E-state index is -3.26. The van der Waals surface area contributed by atoms with Gasteiger partial charge in [0, 0.05) is 37.4 Å². The Morgan fingerprint density at radius 3 is 2.65 bits per heavy atom. The van der Waals surface area contributed by atoms with Gasteiger partial charge in [-0.05, 0) is 44.1 Å². The van der Waals surface area contributed by atoms with E-state index in [1.807, 2.05) is 36.5 Å². The van der Waals surface area contributed by atoms with E-state index in [-0.39, 0.29) is 5.75 Å². The summed E-state index contributed by atoms with van der Waals surface area (Å²) < 4.78 is 29.8. The Balaban J connectivity index is 1.45. The third kappa shape index (κ3) is 3.86. The molecule has 1 saturated carbocycles. The van der Waals surface area contributed by atoms with Crippen LogP contribution in [0.15, 0.2) is 36.5 Å². The molecule has 2 heterocycles. The van der Waals surface area contributed by atoms with Gasteiger partial charge < -0.3 is 4.57 Å². The summed E-state index contributed by atoms with van der Waals surface area (Å²) in [5.41, 5.74) is 2.05. The lowest BCUT2D eigenvalue weighted by Gasteiger charge is -2.32. The monoisotopic (exact) mass is 373 g/mol. The highest BCUT2D eigenvalue weighted by Gasteiger charge is 2.32. The Hall–Kier alpha value is -1.66. The number of piperidine rings is 1. The van der Waals surface area contributed by atoms with Crippen LogP contribution in [0.25, 0.3) is 0 Å². The summed E-state index contributed by atoms with van der Waals surface area (Å²) in [6.45, 7) is 4.25. The highest BCUT2D eigenvalue weighted by Crippen LogP contribution is 2.40. The average Bonchev–Trinajstić information content (AvgIpc) is 3.41. The highest BCUT2D eigenvalue weighted by atomic mass is 32.2. The molecule has 0 radical (unpaired) electrons. The number of benzene rings is 1. The molecule has 5 nitrogen and oxygen atoms in total. The first-order chi connectivity index (χ1) is 12.5. The van der Waals surface area contributed by atoms with Gasteiger partial charge in [0.1, 0.15) is 5.82 Å². The quantitative estimate of drug-likeness (QED) is 0.781. The van der Waals surface area contributed by atoms with E-state index in [1.165, 1.54) is 24.4 Å². The zero-order valence-electron chi connectivity index (χ0n) is 15.3. The maximum absolute atomic E-state index is 12.9. The van der Waals surface area contributed by atoms with Gasteiger partial charge in [0.05, 0.1) is 5.75 Å². The number of imidazole rings is 1. The van der Waals surface area contributed by atoms with Crippen molar-refractivity contribution >= 4 is 10.0 Å². The first-order valence-corrected chi connectivity index (χ1v) is 11.2. The summed E-state index contributed by atoms with van der Waals surface area (Å²) >= 11 is 0. The second-order valence-corrected chi connectivity index (χ2v) is 9.72. The lowest BCUT2D eigenvalue weighted by atomic mass is 9.99. The van der Waals surface area contributed by atoms with Gasteiger partial charge in [-0.1, -0.05) is 30.3 Å². The molecule has 6 heteroatoms. The van der Waals surface area contributed by atoms with Crippen molar-refractivity contribution in [3.05, 3.63) is 53.6 Å². The van der Waals surface area contributed by atoms with Gasteiger partial charge in [0.15, 0.2) is 0 Å². The fourth-order valence-electron chi connectivity index (χ4n) is 3.95. The van der Waals surface area contributed by atoms with E-state index in [9.17, 15) is 8.42 Å². The molecule has 1 aromatic carbocycles. The second kappa shape index (κ2) is 7.16. The first kappa shape index (κ1) is 17.7. The van der Waals surface area contributed by atoms with E-state index >= 15 is 0 Å². The number of hydrogen-bond acceptors (Lipinski definition) is 3. The third-order valence-electron chi connectivity index (χ3n) is 5.54. The Labute approximate surface area is 156 Å². The molecule has 1 aliphatic carbocycles. The standard InChI is InChI=1S/C20H27N3O2S/c1-16-12-21-20(19-9-10-19)23(16)14-18-8-5-11-22(13-18)26(24,25)15-17-6-3-2-4-7-17/h2-4,6-7,12,18-19H,5,8-11,13-15H2,1H3. The van der Waals surface area contributed by atoms with Gasteiger partial charge in [0.2, 0.25) is 10.0 Å². The van der Waals surface area contributed by atoms with Gasteiger partial charge >= 0.3 is 0 Å². The van der Waals surface area contributed by atoms with Gasteiger partial charge in [0.25, 0.3) is 0 Å². The van der Waals surface area contributed by atoms with Crippen LogP contribution in [0, 0.1) is 12.8 Å². The Morgan fingerprint density at radius 2 is 1.92 bits per heavy atom. The predicted octanol–water partition coefficient (Wildman–Crippen LogP) is 3.31. The van der Waals surface area contributed by atoms with Crippen LogP contribution < -0.4 is 0 Å². The van der Waals surface area contributed by atoms with Crippen LogP contribution in [-0.2, 0) is 22.3 Å². The van der Waals surface area contributed by atoms with Crippen LogP contribution in [0.3, 0.4) is 0 Å². The molecule has 0 amide bonds. The van der Waals surface area contributed by atoms with Crippen LogP contribution in [0.5, 0.6) is 0 Å². The van der Waals surface area contributed by atoms with Crippen molar-refractivity contribution < 1.29 is 8.42 Å². The lowest BCUT2D eigenvalue weighted by molar-refractivity contribution is 0.242. The van der Waals surface area contributed by atoms with Crippen molar-refractivity contribution in [2.24, 2.45) is 5.92 Å². The van der Waals surface area contributed by atoms with Crippen molar-refractivity contribution in [2.45, 2.75) is 50.8 Å². The molecule has 26 heavy (non-hydrogen) atoms. The first-order valence-electron chi connectivity index (χ1n) is 9.57. The molecule has 2 fully saturated rings. The zero-order chi connectivity index (χ0) is 18.1. The normalized spacial score (nSPS) is 21.8. The van der Waals surface area contributed by atoms with Crippen molar-refractivity contribution in [3.63, 3.8) is 0 Å². The van der Waals surface area contributed by atoms with Crippen LogP contribution >= 0.6 is 0 Å². The van der Waals surface area contributed by atoms with Crippen LogP contribution in [0.1, 0.15) is 48.7 Å². The van der Waals surface area contributed by atoms with Crippen molar-refractivity contribution in [1.82, 2.24) is 13.9 Å². The van der Waals surface area contributed by atoms with Crippen molar-refractivity contribution in [3.8, 4) is 0 Å². The van der Waals surface area contributed by atoms with Gasteiger partial charge in [-0.2, -0.15) is 0 Å². The molecule has 1 aliphatic heterocycles. The lowest BCUT2D eigenvalue weighted by Crippen LogP contribution is -2.41. The fourth-order valence-corrected chi connectivity index (χ4v) is 5.59.